The van der Waals surface area contributed by atoms with Gasteiger partial charge < -0.3 is 19.4 Å². The van der Waals surface area contributed by atoms with Gasteiger partial charge >= 0.3 is 18.4 Å². The van der Waals surface area contributed by atoms with Crippen LogP contribution in [0.2, 0.25) is 5.02 Å². The van der Waals surface area contributed by atoms with Crippen molar-refractivity contribution >= 4 is 29.3 Å². The molecule has 5 rings (SSSR count). The molecule has 0 aromatic heterocycles. The van der Waals surface area contributed by atoms with Crippen LogP contribution >= 0.6 is 11.6 Å². The fourth-order valence-electron chi connectivity index (χ4n) is 6.56. The number of hydrogen-bond donors (Lipinski definition) is 0. The molecule has 7 nitrogen and oxygen atoms in total. The smallest absolute Gasteiger partial charge is 0.426 e. The Balaban J connectivity index is 1.19. The van der Waals surface area contributed by atoms with E-state index in [0.29, 0.717) is 24.5 Å². The molecule has 2 amide bonds. The number of halogens is 7. The van der Waals surface area contributed by atoms with E-state index in [-0.39, 0.29) is 24.4 Å². The van der Waals surface area contributed by atoms with Gasteiger partial charge in [-0.15, -0.1) is 0 Å². The first-order valence-electron chi connectivity index (χ1n) is 13.2. The van der Waals surface area contributed by atoms with Gasteiger partial charge in [0.05, 0.1) is 5.54 Å². The molecule has 0 bridgehead atoms. The van der Waals surface area contributed by atoms with E-state index in [9.17, 15) is 35.9 Å². The minimum absolute atomic E-state index is 0.00677. The lowest BCUT2D eigenvalue weighted by Gasteiger charge is -2.54. The summed E-state index contributed by atoms with van der Waals surface area (Å²) in [6, 6.07) is 5.81. The van der Waals surface area contributed by atoms with Crippen molar-refractivity contribution in [1.29, 1.82) is 0 Å². The van der Waals surface area contributed by atoms with Gasteiger partial charge in [-0.05, 0) is 56.0 Å². The molecule has 4 heterocycles. The second-order valence-corrected chi connectivity index (χ2v) is 12.1. The summed E-state index contributed by atoms with van der Waals surface area (Å²) < 4.78 is 80.7. The molecular formula is C26H31ClF6N4O3. The zero-order chi connectivity index (χ0) is 29.1. The Morgan fingerprint density at radius 1 is 0.925 bits per heavy atom. The molecule has 1 aromatic carbocycles. The normalized spacial score (nSPS) is 22.6. The van der Waals surface area contributed by atoms with Crippen LogP contribution < -0.4 is 4.90 Å². The molecule has 2 spiro atoms. The molecule has 0 atom stereocenters. The fourth-order valence-corrected chi connectivity index (χ4v) is 6.81. The van der Waals surface area contributed by atoms with E-state index in [2.05, 4.69) is 20.6 Å². The van der Waals surface area contributed by atoms with Gasteiger partial charge in [-0.1, -0.05) is 11.6 Å². The van der Waals surface area contributed by atoms with E-state index in [1.54, 1.807) is 6.92 Å². The van der Waals surface area contributed by atoms with Crippen molar-refractivity contribution in [2.45, 2.75) is 63.1 Å². The number of likely N-dealkylation sites (tertiary alicyclic amines) is 3. The van der Waals surface area contributed by atoms with Gasteiger partial charge in [0.15, 0.2) is 0 Å². The SMILES string of the molecule is CC(=O)N1CC2(CCN(c3cc(Cl)cc(CN4CCCC45CN(C(=O)OC(C(F)(F)F)C(F)(F)F)C5)c3)CC2)C1. The molecule has 40 heavy (non-hydrogen) atoms. The Morgan fingerprint density at radius 2 is 1.55 bits per heavy atom. The summed E-state index contributed by atoms with van der Waals surface area (Å²) in [7, 11) is 0. The third-order valence-corrected chi connectivity index (χ3v) is 9.00. The van der Waals surface area contributed by atoms with E-state index in [1.807, 2.05) is 17.0 Å². The largest absolute Gasteiger partial charge is 0.434 e. The molecule has 4 aliphatic heterocycles. The van der Waals surface area contributed by atoms with Crippen molar-refractivity contribution in [3.05, 3.63) is 28.8 Å². The average Bonchev–Trinajstić information content (AvgIpc) is 3.21. The maximum atomic E-state index is 12.8. The van der Waals surface area contributed by atoms with Gasteiger partial charge in [-0.2, -0.15) is 26.3 Å². The molecule has 14 heteroatoms. The molecule has 0 unspecified atom stereocenters. The first kappa shape index (κ1) is 29.1. The fraction of sp³-hybridized carbons (Fsp3) is 0.692. The standard InChI is InChI=1S/C26H31ClF6N4O3/c1-17(38)35-13-23(14-35)4-7-34(8-5-23)20-10-18(9-19(27)11-20)12-37-6-2-3-24(37)15-36(16-24)22(39)40-21(25(28,29)30)26(31,32)33/h9-11,21H,2-8,12-16H2,1H3. The molecular weight excluding hydrogens is 566 g/mol. The van der Waals surface area contributed by atoms with E-state index in [1.165, 1.54) is 0 Å². The van der Waals surface area contributed by atoms with Gasteiger partial charge in [0, 0.05) is 68.9 Å². The number of benzene rings is 1. The van der Waals surface area contributed by atoms with Gasteiger partial charge in [0.2, 0.25) is 5.91 Å². The summed E-state index contributed by atoms with van der Waals surface area (Å²) in [5.74, 6) is 0.102. The van der Waals surface area contributed by atoms with E-state index in [0.717, 1.165) is 61.6 Å². The maximum absolute atomic E-state index is 12.8. The van der Waals surface area contributed by atoms with Crippen LogP contribution in [0.5, 0.6) is 0 Å². The first-order chi connectivity index (χ1) is 18.6. The van der Waals surface area contributed by atoms with Gasteiger partial charge in [0.1, 0.15) is 0 Å². The number of alkyl halides is 6. The van der Waals surface area contributed by atoms with Crippen LogP contribution in [0.1, 0.15) is 38.2 Å². The van der Waals surface area contributed by atoms with Crippen molar-refractivity contribution in [1.82, 2.24) is 14.7 Å². The van der Waals surface area contributed by atoms with E-state index in [4.69, 9.17) is 11.6 Å². The number of amides is 2. The Kier molecular flexibility index (Phi) is 7.38. The number of hydrogen-bond acceptors (Lipinski definition) is 5. The van der Waals surface area contributed by atoms with Crippen LogP contribution in [-0.2, 0) is 16.1 Å². The number of carbonyl (C=O) groups excluding carboxylic acids is 2. The predicted octanol–water partition coefficient (Wildman–Crippen LogP) is 5.07. The van der Waals surface area contributed by atoms with Crippen LogP contribution in [0.4, 0.5) is 36.8 Å². The Morgan fingerprint density at radius 3 is 2.12 bits per heavy atom. The highest BCUT2D eigenvalue weighted by Gasteiger charge is 2.61. The zero-order valence-corrected chi connectivity index (χ0v) is 22.7. The predicted molar refractivity (Wildman–Crippen MR) is 134 cm³/mol. The Bertz CT molecular complexity index is 1130. The number of ether oxygens (including phenoxy) is 1. The number of carbonyl (C=O) groups is 2. The molecule has 1 aromatic rings. The maximum Gasteiger partial charge on any atom is 0.434 e. The van der Waals surface area contributed by atoms with Gasteiger partial charge in [-0.3, -0.25) is 9.69 Å². The number of piperidine rings is 1. The molecule has 0 saturated carbocycles. The van der Waals surface area contributed by atoms with Crippen LogP contribution in [0.3, 0.4) is 0 Å². The number of anilines is 1. The quantitative estimate of drug-likeness (QED) is 0.455. The lowest BCUT2D eigenvalue weighted by molar-refractivity contribution is -0.309. The van der Waals surface area contributed by atoms with Crippen LogP contribution in [0.15, 0.2) is 18.2 Å². The second-order valence-electron chi connectivity index (χ2n) is 11.6. The Labute approximate surface area is 232 Å². The minimum atomic E-state index is -5.75. The van der Waals surface area contributed by atoms with E-state index >= 15 is 0 Å². The molecule has 0 aliphatic carbocycles. The van der Waals surface area contributed by atoms with Crippen molar-refractivity contribution in [2.75, 3.05) is 50.7 Å². The molecule has 0 radical (unpaired) electrons. The number of nitrogens with zero attached hydrogens (tertiary/aromatic N) is 4. The monoisotopic (exact) mass is 596 g/mol. The van der Waals surface area contributed by atoms with Crippen LogP contribution in [0, 0.1) is 5.41 Å². The lowest BCUT2D eigenvalue weighted by atomic mass is 9.72. The minimum Gasteiger partial charge on any atom is -0.426 e. The zero-order valence-electron chi connectivity index (χ0n) is 22.0. The summed E-state index contributed by atoms with van der Waals surface area (Å²) in [6.07, 6.45) is -13.9. The van der Waals surface area contributed by atoms with E-state index < -0.39 is 30.1 Å². The van der Waals surface area contributed by atoms with Crippen LogP contribution in [0.25, 0.3) is 0 Å². The summed E-state index contributed by atoms with van der Waals surface area (Å²) in [6.45, 7) is 6.01. The number of rotatable bonds is 4. The molecule has 4 saturated heterocycles. The van der Waals surface area contributed by atoms with Crippen molar-refractivity contribution in [2.24, 2.45) is 5.41 Å². The highest BCUT2D eigenvalue weighted by Crippen LogP contribution is 2.43. The van der Waals surface area contributed by atoms with Gasteiger partial charge in [-0.25, -0.2) is 4.79 Å². The third kappa shape index (κ3) is 5.68. The summed E-state index contributed by atoms with van der Waals surface area (Å²) >= 11 is 6.47. The molecule has 4 fully saturated rings. The summed E-state index contributed by atoms with van der Waals surface area (Å²) in [5, 5.41) is 0.566. The molecule has 0 N–H and O–H groups in total. The molecule has 222 valence electrons. The average molecular weight is 597 g/mol. The third-order valence-electron chi connectivity index (χ3n) is 8.79. The first-order valence-corrected chi connectivity index (χ1v) is 13.6. The molecule has 4 aliphatic rings. The van der Waals surface area contributed by atoms with Crippen LogP contribution in [-0.4, -0.2) is 96.5 Å². The summed E-state index contributed by atoms with van der Waals surface area (Å²) in [5.41, 5.74) is 1.57. The van der Waals surface area contributed by atoms with Crippen molar-refractivity contribution in [3.8, 4) is 0 Å². The topological polar surface area (TPSA) is 56.3 Å². The highest BCUT2D eigenvalue weighted by atomic mass is 35.5. The Hall–Kier alpha value is -2.41. The van der Waals surface area contributed by atoms with Crippen molar-refractivity contribution in [3.63, 3.8) is 0 Å². The highest BCUT2D eigenvalue weighted by molar-refractivity contribution is 6.30. The lowest BCUT2D eigenvalue weighted by Crippen LogP contribution is -2.69. The van der Waals surface area contributed by atoms with Gasteiger partial charge in [0.25, 0.3) is 6.10 Å². The summed E-state index contributed by atoms with van der Waals surface area (Å²) in [4.78, 5) is 30.9. The van der Waals surface area contributed by atoms with Crippen molar-refractivity contribution < 1.29 is 40.7 Å². The second kappa shape index (κ2) is 10.1.